The van der Waals surface area contributed by atoms with Gasteiger partial charge in [-0.3, -0.25) is 0 Å². The van der Waals surface area contributed by atoms with E-state index in [1.807, 2.05) is 0 Å². The molecule has 0 atom stereocenters. The van der Waals surface area contributed by atoms with Gasteiger partial charge in [-0.25, -0.2) is 0 Å². The Morgan fingerprint density at radius 3 is 2.42 bits per heavy atom. The molecule has 0 amide bonds. The Morgan fingerprint density at radius 2 is 1.83 bits per heavy atom. The molecule has 0 radical (unpaired) electrons. The van der Waals surface area contributed by atoms with Gasteiger partial charge in [0, 0.05) is 6.61 Å². The predicted molar refractivity (Wildman–Crippen MR) is 51.1 cm³/mol. The lowest BCUT2D eigenvalue weighted by molar-refractivity contribution is 0.000637. The van der Waals surface area contributed by atoms with E-state index >= 15 is 0 Å². The Balaban J connectivity index is 1.70. The summed E-state index contributed by atoms with van der Waals surface area (Å²) in [6, 6.07) is 0. The first-order chi connectivity index (χ1) is 5.93. The van der Waals surface area contributed by atoms with Gasteiger partial charge in [-0.05, 0) is 38.6 Å². The standard InChI is InChI=1S/C10H21NO/c11-8-3-1-2-4-9-12-10-6-5-7-10/h10H,1-9,11H2. The van der Waals surface area contributed by atoms with Crippen LogP contribution in [-0.4, -0.2) is 19.3 Å². The third-order valence-electron chi connectivity index (χ3n) is 2.50. The van der Waals surface area contributed by atoms with Crippen LogP contribution in [-0.2, 0) is 4.74 Å². The second kappa shape index (κ2) is 6.44. The van der Waals surface area contributed by atoms with Crippen LogP contribution >= 0.6 is 0 Å². The SMILES string of the molecule is NCCCCCCOC1CCC1. The summed E-state index contributed by atoms with van der Waals surface area (Å²) >= 11 is 0. The smallest absolute Gasteiger partial charge is 0.0575 e. The molecule has 1 rings (SSSR count). The Kier molecular flexibility index (Phi) is 5.37. The largest absolute Gasteiger partial charge is 0.378 e. The summed E-state index contributed by atoms with van der Waals surface area (Å²) in [5, 5.41) is 0. The molecule has 0 aliphatic heterocycles. The molecule has 0 unspecified atom stereocenters. The molecule has 72 valence electrons. The second-order valence-electron chi connectivity index (χ2n) is 3.63. The van der Waals surface area contributed by atoms with Crippen LogP contribution in [0.1, 0.15) is 44.9 Å². The van der Waals surface area contributed by atoms with Crippen molar-refractivity contribution >= 4 is 0 Å². The number of ether oxygens (including phenoxy) is 1. The minimum absolute atomic E-state index is 0.611. The zero-order valence-corrected chi connectivity index (χ0v) is 7.93. The third-order valence-corrected chi connectivity index (χ3v) is 2.50. The molecule has 0 aromatic carbocycles. The van der Waals surface area contributed by atoms with Gasteiger partial charge in [-0.2, -0.15) is 0 Å². The molecule has 2 N–H and O–H groups in total. The molecular weight excluding hydrogens is 150 g/mol. The van der Waals surface area contributed by atoms with Gasteiger partial charge in [0.2, 0.25) is 0 Å². The highest BCUT2D eigenvalue weighted by atomic mass is 16.5. The van der Waals surface area contributed by atoms with E-state index in [2.05, 4.69) is 0 Å². The van der Waals surface area contributed by atoms with Crippen molar-refractivity contribution in [2.45, 2.75) is 51.0 Å². The molecule has 0 spiro atoms. The highest BCUT2D eigenvalue weighted by molar-refractivity contribution is 4.68. The van der Waals surface area contributed by atoms with E-state index in [-0.39, 0.29) is 0 Å². The molecule has 1 fully saturated rings. The van der Waals surface area contributed by atoms with E-state index in [1.165, 1.54) is 44.9 Å². The van der Waals surface area contributed by atoms with Crippen molar-refractivity contribution in [2.75, 3.05) is 13.2 Å². The van der Waals surface area contributed by atoms with Crippen LogP contribution in [0.2, 0.25) is 0 Å². The zero-order valence-electron chi connectivity index (χ0n) is 7.93. The van der Waals surface area contributed by atoms with Gasteiger partial charge in [-0.1, -0.05) is 12.8 Å². The van der Waals surface area contributed by atoms with Crippen LogP contribution in [0.5, 0.6) is 0 Å². The van der Waals surface area contributed by atoms with Crippen LogP contribution < -0.4 is 5.73 Å². The lowest BCUT2D eigenvalue weighted by atomic mass is 9.96. The van der Waals surface area contributed by atoms with Crippen molar-refractivity contribution in [3.8, 4) is 0 Å². The average molecular weight is 171 g/mol. The first-order valence-electron chi connectivity index (χ1n) is 5.25. The lowest BCUT2D eigenvalue weighted by Gasteiger charge is -2.25. The highest BCUT2D eigenvalue weighted by Crippen LogP contribution is 2.21. The fourth-order valence-corrected chi connectivity index (χ4v) is 1.39. The van der Waals surface area contributed by atoms with Gasteiger partial charge in [0.1, 0.15) is 0 Å². The van der Waals surface area contributed by atoms with E-state index in [0.29, 0.717) is 6.10 Å². The Bertz CT molecular complexity index is 102. The predicted octanol–water partition coefficient (Wildman–Crippen LogP) is 2.07. The summed E-state index contributed by atoms with van der Waals surface area (Å²) in [6.45, 7) is 1.80. The third kappa shape index (κ3) is 4.07. The molecule has 12 heavy (non-hydrogen) atoms. The van der Waals surface area contributed by atoms with Crippen LogP contribution in [0.25, 0.3) is 0 Å². The Hall–Kier alpha value is -0.0800. The van der Waals surface area contributed by atoms with Crippen LogP contribution in [0.4, 0.5) is 0 Å². The first-order valence-corrected chi connectivity index (χ1v) is 5.25. The lowest BCUT2D eigenvalue weighted by Crippen LogP contribution is -2.21. The van der Waals surface area contributed by atoms with Gasteiger partial charge in [0.15, 0.2) is 0 Å². The molecule has 0 aromatic rings. The number of rotatable bonds is 7. The molecule has 2 heteroatoms. The summed E-state index contributed by atoms with van der Waals surface area (Å²) in [5.74, 6) is 0. The van der Waals surface area contributed by atoms with Crippen molar-refractivity contribution in [3.05, 3.63) is 0 Å². The summed E-state index contributed by atoms with van der Waals surface area (Å²) in [4.78, 5) is 0. The monoisotopic (exact) mass is 171 g/mol. The number of hydrogen-bond donors (Lipinski definition) is 1. The summed E-state index contributed by atoms with van der Waals surface area (Å²) in [5.41, 5.74) is 5.39. The van der Waals surface area contributed by atoms with Gasteiger partial charge < -0.3 is 10.5 Å². The van der Waals surface area contributed by atoms with Crippen molar-refractivity contribution < 1.29 is 4.74 Å². The maximum Gasteiger partial charge on any atom is 0.0575 e. The molecular formula is C10H21NO. The Morgan fingerprint density at radius 1 is 1.08 bits per heavy atom. The maximum absolute atomic E-state index is 5.63. The topological polar surface area (TPSA) is 35.2 Å². The minimum atomic E-state index is 0.611. The fourth-order valence-electron chi connectivity index (χ4n) is 1.39. The molecule has 0 heterocycles. The van der Waals surface area contributed by atoms with Crippen molar-refractivity contribution in [3.63, 3.8) is 0 Å². The van der Waals surface area contributed by atoms with E-state index < -0.39 is 0 Å². The molecule has 2 nitrogen and oxygen atoms in total. The van der Waals surface area contributed by atoms with E-state index in [9.17, 15) is 0 Å². The van der Waals surface area contributed by atoms with E-state index in [4.69, 9.17) is 10.5 Å². The number of hydrogen-bond acceptors (Lipinski definition) is 2. The molecule has 0 bridgehead atoms. The van der Waals surface area contributed by atoms with Crippen LogP contribution in [0.15, 0.2) is 0 Å². The summed E-state index contributed by atoms with van der Waals surface area (Å²) in [7, 11) is 0. The van der Waals surface area contributed by atoms with Gasteiger partial charge >= 0.3 is 0 Å². The highest BCUT2D eigenvalue weighted by Gasteiger charge is 2.16. The first kappa shape index (κ1) is 10.0. The Labute approximate surface area is 75.5 Å². The van der Waals surface area contributed by atoms with Crippen molar-refractivity contribution in [1.82, 2.24) is 0 Å². The molecule has 1 aliphatic carbocycles. The number of unbranched alkanes of at least 4 members (excludes halogenated alkanes) is 3. The fraction of sp³-hybridized carbons (Fsp3) is 1.00. The quantitative estimate of drug-likeness (QED) is 0.595. The van der Waals surface area contributed by atoms with Crippen molar-refractivity contribution in [1.29, 1.82) is 0 Å². The minimum Gasteiger partial charge on any atom is -0.378 e. The normalized spacial score (nSPS) is 17.8. The summed E-state index contributed by atoms with van der Waals surface area (Å²) < 4.78 is 5.63. The maximum atomic E-state index is 5.63. The molecule has 1 aliphatic rings. The van der Waals surface area contributed by atoms with Crippen LogP contribution in [0, 0.1) is 0 Å². The van der Waals surface area contributed by atoms with Gasteiger partial charge in [0.05, 0.1) is 6.10 Å². The van der Waals surface area contributed by atoms with Crippen molar-refractivity contribution in [2.24, 2.45) is 5.73 Å². The zero-order chi connectivity index (χ0) is 8.65. The molecule has 0 aromatic heterocycles. The second-order valence-corrected chi connectivity index (χ2v) is 3.63. The van der Waals surface area contributed by atoms with Gasteiger partial charge in [0.25, 0.3) is 0 Å². The summed E-state index contributed by atoms with van der Waals surface area (Å²) in [6.07, 6.45) is 9.51. The molecule has 0 saturated heterocycles. The van der Waals surface area contributed by atoms with E-state index in [1.54, 1.807) is 0 Å². The van der Waals surface area contributed by atoms with Gasteiger partial charge in [-0.15, -0.1) is 0 Å². The molecule has 1 saturated carbocycles. The van der Waals surface area contributed by atoms with E-state index in [0.717, 1.165) is 13.2 Å². The average Bonchev–Trinajstić information content (AvgIpc) is 2.00. The number of nitrogens with two attached hydrogens (primary N) is 1. The van der Waals surface area contributed by atoms with Crippen LogP contribution in [0.3, 0.4) is 0 Å².